The number of hydrogen-bond donors (Lipinski definition) is 1. The molecule has 0 saturated carbocycles. The summed E-state index contributed by atoms with van der Waals surface area (Å²) in [5.74, 6) is 0.368. The molecule has 1 aliphatic heterocycles. The highest BCUT2D eigenvalue weighted by Gasteiger charge is 2.43. The maximum absolute atomic E-state index is 11.5. The molecule has 132 valence electrons. The van der Waals surface area contributed by atoms with E-state index >= 15 is 0 Å². The standard InChI is InChI=1S/C16H19N5O4/c1-2-7-23-15(22)24-9-16(8-17)6-5-13(25-16)11-3-4-12-14(18)19-10-20-21(11)12/h3-4,10,13H,2,5-7,9H2,1H3,(H2,18,19,20)/t13?,16-/m1/s1. The predicted molar refractivity (Wildman–Crippen MR) is 86.4 cm³/mol. The largest absolute Gasteiger partial charge is 0.508 e. The van der Waals surface area contributed by atoms with Gasteiger partial charge < -0.3 is 19.9 Å². The third-order valence-electron chi connectivity index (χ3n) is 4.07. The number of aromatic nitrogens is 3. The van der Waals surface area contributed by atoms with Gasteiger partial charge in [-0.05, 0) is 31.4 Å². The van der Waals surface area contributed by atoms with E-state index in [-0.39, 0.29) is 19.3 Å². The Kier molecular flexibility index (Phi) is 4.72. The van der Waals surface area contributed by atoms with Crippen LogP contribution in [-0.4, -0.2) is 39.6 Å². The zero-order valence-electron chi connectivity index (χ0n) is 13.8. The summed E-state index contributed by atoms with van der Waals surface area (Å²) in [6, 6.07) is 5.77. The molecular weight excluding hydrogens is 326 g/mol. The van der Waals surface area contributed by atoms with Crippen molar-refractivity contribution in [3.05, 3.63) is 24.2 Å². The molecule has 1 unspecified atom stereocenters. The zero-order valence-corrected chi connectivity index (χ0v) is 13.8. The lowest BCUT2D eigenvalue weighted by Gasteiger charge is -2.21. The second-order valence-corrected chi connectivity index (χ2v) is 5.84. The van der Waals surface area contributed by atoms with Gasteiger partial charge in [-0.25, -0.2) is 14.3 Å². The third-order valence-corrected chi connectivity index (χ3v) is 4.07. The molecule has 0 aromatic carbocycles. The number of nitrogen functional groups attached to an aromatic ring is 1. The molecule has 2 N–H and O–H groups in total. The Labute approximate surface area is 144 Å². The summed E-state index contributed by atoms with van der Waals surface area (Å²) in [6.45, 7) is 1.98. The maximum atomic E-state index is 11.5. The van der Waals surface area contributed by atoms with Gasteiger partial charge in [0.25, 0.3) is 0 Å². The number of carbonyl (C=O) groups excluding carboxylic acids is 1. The summed E-state index contributed by atoms with van der Waals surface area (Å²) in [5, 5.41) is 13.7. The number of anilines is 1. The van der Waals surface area contributed by atoms with E-state index in [2.05, 4.69) is 16.2 Å². The Morgan fingerprint density at radius 3 is 3.16 bits per heavy atom. The van der Waals surface area contributed by atoms with E-state index in [1.807, 2.05) is 13.0 Å². The maximum Gasteiger partial charge on any atom is 0.508 e. The van der Waals surface area contributed by atoms with Gasteiger partial charge in [0.05, 0.1) is 12.3 Å². The summed E-state index contributed by atoms with van der Waals surface area (Å²) < 4.78 is 17.5. The van der Waals surface area contributed by atoms with E-state index in [1.54, 1.807) is 10.6 Å². The molecule has 9 heteroatoms. The normalized spacial score (nSPS) is 22.6. The lowest BCUT2D eigenvalue weighted by molar-refractivity contribution is -0.0549. The van der Waals surface area contributed by atoms with E-state index < -0.39 is 11.8 Å². The molecule has 0 bridgehead atoms. The van der Waals surface area contributed by atoms with Crippen molar-refractivity contribution in [2.24, 2.45) is 0 Å². The quantitative estimate of drug-likeness (QED) is 0.816. The minimum absolute atomic E-state index is 0.178. The molecule has 25 heavy (non-hydrogen) atoms. The lowest BCUT2D eigenvalue weighted by atomic mass is 10.0. The molecule has 2 aromatic heterocycles. The van der Waals surface area contributed by atoms with Gasteiger partial charge in [-0.2, -0.15) is 10.4 Å². The summed E-state index contributed by atoms with van der Waals surface area (Å²) >= 11 is 0. The number of hydrogen-bond acceptors (Lipinski definition) is 8. The van der Waals surface area contributed by atoms with Crippen molar-refractivity contribution in [1.29, 1.82) is 5.26 Å². The molecule has 0 spiro atoms. The van der Waals surface area contributed by atoms with Gasteiger partial charge in [-0.15, -0.1) is 0 Å². The zero-order chi connectivity index (χ0) is 17.9. The Morgan fingerprint density at radius 1 is 1.56 bits per heavy atom. The summed E-state index contributed by atoms with van der Waals surface area (Å²) in [6.07, 6.45) is 1.94. The molecule has 0 radical (unpaired) electrons. The molecule has 1 fully saturated rings. The number of ether oxygens (including phenoxy) is 3. The second kappa shape index (κ2) is 6.94. The molecule has 0 amide bonds. The second-order valence-electron chi connectivity index (χ2n) is 5.84. The Morgan fingerprint density at radius 2 is 2.40 bits per heavy atom. The van der Waals surface area contributed by atoms with Crippen LogP contribution in [0.3, 0.4) is 0 Å². The van der Waals surface area contributed by atoms with Gasteiger partial charge in [-0.1, -0.05) is 6.92 Å². The van der Waals surface area contributed by atoms with Crippen LogP contribution in [0.1, 0.15) is 38.0 Å². The Hall–Kier alpha value is -2.86. The highest BCUT2D eigenvalue weighted by atomic mass is 16.7. The van der Waals surface area contributed by atoms with Gasteiger partial charge in [0.15, 0.2) is 11.4 Å². The van der Waals surface area contributed by atoms with Crippen molar-refractivity contribution in [3.63, 3.8) is 0 Å². The van der Waals surface area contributed by atoms with Crippen LogP contribution in [0.2, 0.25) is 0 Å². The SMILES string of the molecule is CCCOC(=O)OC[C@]1(C#N)CCC(c2ccc3c(N)ncnn23)O1. The molecule has 0 aliphatic carbocycles. The first-order valence-corrected chi connectivity index (χ1v) is 8.05. The third kappa shape index (κ3) is 3.34. The fourth-order valence-electron chi connectivity index (χ4n) is 2.80. The summed E-state index contributed by atoms with van der Waals surface area (Å²) in [4.78, 5) is 15.4. The number of nitriles is 1. The Bertz CT molecular complexity index is 814. The van der Waals surface area contributed by atoms with Gasteiger partial charge in [0, 0.05) is 0 Å². The molecular formula is C16H19N5O4. The van der Waals surface area contributed by atoms with Crippen molar-refractivity contribution in [1.82, 2.24) is 14.6 Å². The first-order valence-electron chi connectivity index (χ1n) is 8.05. The van der Waals surface area contributed by atoms with E-state index in [1.165, 1.54) is 6.33 Å². The molecule has 2 aromatic rings. The lowest BCUT2D eigenvalue weighted by Crippen LogP contribution is -2.33. The van der Waals surface area contributed by atoms with Crippen molar-refractivity contribution < 1.29 is 19.0 Å². The summed E-state index contributed by atoms with van der Waals surface area (Å²) in [5.41, 5.74) is 6.09. The fourth-order valence-corrected chi connectivity index (χ4v) is 2.80. The van der Waals surface area contributed by atoms with Crippen molar-refractivity contribution in [2.75, 3.05) is 18.9 Å². The molecule has 2 atom stereocenters. The van der Waals surface area contributed by atoms with Crippen LogP contribution in [0, 0.1) is 11.3 Å². The average Bonchev–Trinajstić information content (AvgIpc) is 3.23. The van der Waals surface area contributed by atoms with Crippen molar-refractivity contribution >= 4 is 17.5 Å². The van der Waals surface area contributed by atoms with E-state index in [9.17, 15) is 10.1 Å². The Balaban J connectivity index is 1.71. The van der Waals surface area contributed by atoms with Crippen LogP contribution in [0.25, 0.3) is 5.52 Å². The monoisotopic (exact) mass is 345 g/mol. The average molecular weight is 345 g/mol. The molecule has 1 aliphatic rings. The minimum Gasteiger partial charge on any atom is -0.434 e. The predicted octanol–water partition coefficient (Wildman–Crippen LogP) is 1.99. The molecule has 3 heterocycles. The topological polar surface area (TPSA) is 125 Å². The van der Waals surface area contributed by atoms with Gasteiger partial charge in [0.1, 0.15) is 30.6 Å². The highest BCUT2D eigenvalue weighted by Crippen LogP contribution is 2.40. The van der Waals surface area contributed by atoms with Crippen molar-refractivity contribution in [3.8, 4) is 6.07 Å². The van der Waals surface area contributed by atoms with E-state index in [0.29, 0.717) is 30.6 Å². The first-order chi connectivity index (χ1) is 12.1. The minimum atomic E-state index is -1.20. The van der Waals surface area contributed by atoms with Gasteiger partial charge in [0.2, 0.25) is 0 Å². The van der Waals surface area contributed by atoms with Crippen LogP contribution >= 0.6 is 0 Å². The number of nitrogens with zero attached hydrogens (tertiary/aromatic N) is 4. The van der Waals surface area contributed by atoms with E-state index in [0.717, 1.165) is 5.69 Å². The van der Waals surface area contributed by atoms with Gasteiger partial charge >= 0.3 is 6.16 Å². The number of carbonyl (C=O) groups is 1. The van der Waals surface area contributed by atoms with Crippen LogP contribution in [0.4, 0.5) is 10.6 Å². The number of rotatable bonds is 5. The molecule has 9 nitrogen and oxygen atoms in total. The highest BCUT2D eigenvalue weighted by molar-refractivity contribution is 5.65. The van der Waals surface area contributed by atoms with Crippen LogP contribution in [-0.2, 0) is 14.2 Å². The van der Waals surface area contributed by atoms with Crippen LogP contribution < -0.4 is 5.73 Å². The fraction of sp³-hybridized carbons (Fsp3) is 0.500. The number of nitrogens with two attached hydrogens (primary N) is 1. The smallest absolute Gasteiger partial charge is 0.434 e. The summed E-state index contributed by atoms with van der Waals surface area (Å²) in [7, 11) is 0. The van der Waals surface area contributed by atoms with Crippen molar-refractivity contribution in [2.45, 2.75) is 37.9 Å². The molecule has 3 rings (SSSR count). The van der Waals surface area contributed by atoms with Crippen LogP contribution in [0.15, 0.2) is 18.5 Å². The number of fused-ring (bicyclic) bond motifs is 1. The van der Waals surface area contributed by atoms with Gasteiger partial charge in [-0.3, -0.25) is 0 Å². The molecule has 1 saturated heterocycles. The first kappa shape index (κ1) is 17.0. The van der Waals surface area contributed by atoms with E-state index in [4.69, 9.17) is 19.9 Å². The van der Waals surface area contributed by atoms with Crippen LogP contribution in [0.5, 0.6) is 0 Å².